The molecule has 8 heteroatoms. The fraction of sp³-hybridized carbons (Fsp3) is 0.375. The van der Waals surface area contributed by atoms with E-state index in [-0.39, 0.29) is 25.7 Å². The number of nitrogens with one attached hydrogen (secondary N) is 2. The number of carbonyl (C=O) groups excluding carboxylic acids is 2. The van der Waals surface area contributed by atoms with Gasteiger partial charge in [0.2, 0.25) is 5.91 Å². The average Bonchev–Trinajstić information content (AvgIpc) is 3.38. The molecule has 0 saturated carbocycles. The van der Waals surface area contributed by atoms with Crippen molar-refractivity contribution < 1.29 is 29.0 Å². The molecule has 2 aliphatic rings. The van der Waals surface area contributed by atoms with Gasteiger partial charge in [0.15, 0.2) is 0 Å². The number of hydrogen-bond acceptors (Lipinski definition) is 5. The molecule has 2 amide bonds. The topological polar surface area (TPSA) is 114 Å². The lowest BCUT2D eigenvalue weighted by atomic mass is 9.98. The van der Waals surface area contributed by atoms with Gasteiger partial charge in [-0.15, -0.1) is 0 Å². The smallest absolute Gasteiger partial charge is 0.407 e. The number of aliphatic carboxylic acids is 1. The SMILES string of the molecule is CC[C@@H](NC(=O)OCC1c2ccccc2-c2ccccc21)C(=O)NC1COCC1C(=O)O. The first kappa shape index (κ1) is 21.8. The fourth-order valence-corrected chi connectivity index (χ4v) is 4.36. The summed E-state index contributed by atoms with van der Waals surface area (Å²) in [6.45, 7) is 2.09. The number of benzene rings is 2. The first-order chi connectivity index (χ1) is 15.5. The number of ether oxygens (including phenoxy) is 2. The third-order valence-electron chi connectivity index (χ3n) is 6.09. The largest absolute Gasteiger partial charge is 0.481 e. The quantitative estimate of drug-likeness (QED) is 0.612. The Kier molecular flexibility index (Phi) is 6.41. The summed E-state index contributed by atoms with van der Waals surface area (Å²) in [5.41, 5.74) is 4.48. The van der Waals surface area contributed by atoms with Crippen molar-refractivity contribution in [2.45, 2.75) is 31.3 Å². The number of carbonyl (C=O) groups is 3. The van der Waals surface area contributed by atoms with Gasteiger partial charge in [0, 0.05) is 5.92 Å². The van der Waals surface area contributed by atoms with E-state index < -0.39 is 36.0 Å². The minimum absolute atomic E-state index is 0.0525. The van der Waals surface area contributed by atoms with Gasteiger partial charge in [-0.25, -0.2) is 4.79 Å². The summed E-state index contributed by atoms with van der Waals surface area (Å²) >= 11 is 0. The van der Waals surface area contributed by atoms with Gasteiger partial charge in [0.1, 0.15) is 18.6 Å². The summed E-state index contributed by atoms with van der Waals surface area (Å²) in [4.78, 5) is 36.3. The molecule has 0 bridgehead atoms. The maximum atomic E-state index is 12.6. The van der Waals surface area contributed by atoms with Crippen LogP contribution in [0.5, 0.6) is 0 Å². The standard InChI is InChI=1S/C24H26N2O6/c1-2-20(22(27)25-21-13-31-11-19(21)23(28)29)26-24(30)32-12-18-16-9-5-3-7-14(16)15-8-4-6-10-17(15)18/h3-10,18-21H,2,11-13H2,1H3,(H,25,27)(H,26,30)(H,28,29)/t19?,20-,21?/m1/s1. The molecule has 8 nitrogen and oxygen atoms in total. The predicted molar refractivity (Wildman–Crippen MR) is 116 cm³/mol. The molecule has 3 N–H and O–H groups in total. The van der Waals surface area contributed by atoms with E-state index >= 15 is 0 Å². The van der Waals surface area contributed by atoms with Crippen LogP contribution in [0.15, 0.2) is 48.5 Å². The van der Waals surface area contributed by atoms with Gasteiger partial charge >= 0.3 is 12.1 Å². The highest BCUT2D eigenvalue weighted by atomic mass is 16.5. The summed E-state index contributed by atoms with van der Waals surface area (Å²) in [7, 11) is 0. The Morgan fingerprint density at radius 2 is 1.69 bits per heavy atom. The maximum Gasteiger partial charge on any atom is 0.407 e. The van der Waals surface area contributed by atoms with Gasteiger partial charge in [-0.1, -0.05) is 55.5 Å². The van der Waals surface area contributed by atoms with Gasteiger partial charge in [0.25, 0.3) is 0 Å². The number of carboxylic acids is 1. The van der Waals surface area contributed by atoms with E-state index in [1.165, 1.54) is 0 Å². The average molecular weight is 438 g/mol. The lowest BCUT2D eigenvalue weighted by Crippen LogP contribution is -2.52. The summed E-state index contributed by atoms with van der Waals surface area (Å²) in [5.74, 6) is -2.35. The Bertz CT molecular complexity index is 978. The van der Waals surface area contributed by atoms with E-state index in [9.17, 15) is 19.5 Å². The molecule has 4 rings (SSSR count). The van der Waals surface area contributed by atoms with Crippen LogP contribution in [-0.4, -0.2) is 55.0 Å². The molecule has 1 aliphatic heterocycles. The molecule has 32 heavy (non-hydrogen) atoms. The molecule has 2 unspecified atom stereocenters. The molecule has 3 atom stereocenters. The maximum absolute atomic E-state index is 12.6. The minimum atomic E-state index is -1.02. The third-order valence-corrected chi connectivity index (χ3v) is 6.09. The second kappa shape index (κ2) is 9.40. The highest BCUT2D eigenvalue weighted by Crippen LogP contribution is 2.44. The number of alkyl carbamates (subject to hydrolysis) is 1. The van der Waals surface area contributed by atoms with Crippen molar-refractivity contribution in [3.8, 4) is 11.1 Å². The predicted octanol–water partition coefficient (Wildman–Crippen LogP) is 2.52. The second-order valence-corrected chi connectivity index (χ2v) is 8.03. The molecule has 1 aliphatic carbocycles. The van der Waals surface area contributed by atoms with Crippen molar-refractivity contribution in [2.75, 3.05) is 19.8 Å². The lowest BCUT2D eigenvalue weighted by molar-refractivity contribution is -0.142. The zero-order chi connectivity index (χ0) is 22.7. The Morgan fingerprint density at radius 3 is 2.28 bits per heavy atom. The molecular formula is C24H26N2O6. The van der Waals surface area contributed by atoms with Crippen LogP contribution in [0.1, 0.15) is 30.4 Å². The van der Waals surface area contributed by atoms with Crippen LogP contribution in [0.2, 0.25) is 0 Å². The Hall–Kier alpha value is -3.39. The summed E-state index contributed by atoms with van der Waals surface area (Å²) in [5, 5.41) is 14.5. The molecule has 1 heterocycles. The third kappa shape index (κ3) is 4.31. The zero-order valence-electron chi connectivity index (χ0n) is 17.7. The zero-order valence-corrected chi connectivity index (χ0v) is 17.7. The van der Waals surface area contributed by atoms with Crippen molar-refractivity contribution in [1.29, 1.82) is 0 Å². The Morgan fingerprint density at radius 1 is 1.06 bits per heavy atom. The van der Waals surface area contributed by atoms with Gasteiger partial charge in [-0.3, -0.25) is 9.59 Å². The second-order valence-electron chi connectivity index (χ2n) is 8.03. The fourth-order valence-electron chi connectivity index (χ4n) is 4.36. The van der Waals surface area contributed by atoms with Crippen LogP contribution >= 0.6 is 0 Å². The molecular weight excluding hydrogens is 412 g/mol. The highest BCUT2D eigenvalue weighted by Gasteiger charge is 2.36. The van der Waals surface area contributed by atoms with Crippen LogP contribution in [0, 0.1) is 5.92 Å². The number of amides is 2. The minimum Gasteiger partial charge on any atom is -0.481 e. The molecule has 1 fully saturated rings. The first-order valence-electron chi connectivity index (χ1n) is 10.7. The normalized spacial score (nSPS) is 20.2. The molecule has 2 aromatic rings. The summed E-state index contributed by atoms with van der Waals surface area (Å²) in [6, 6.07) is 14.6. The van der Waals surface area contributed by atoms with E-state index in [0.717, 1.165) is 22.3 Å². The number of carboxylic acid groups (broad SMARTS) is 1. The molecule has 168 valence electrons. The molecule has 2 aromatic carbocycles. The molecule has 0 aromatic heterocycles. The first-order valence-corrected chi connectivity index (χ1v) is 10.7. The highest BCUT2D eigenvalue weighted by molar-refractivity contribution is 5.86. The van der Waals surface area contributed by atoms with Crippen molar-refractivity contribution in [1.82, 2.24) is 10.6 Å². The summed E-state index contributed by atoms with van der Waals surface area (Å²) < 4.78 is 10.7. The summed E-state index contributed by atoms with van der Waals surface area (Å²) in [6.07, 6.45) is -0.354. The van der Waals surface area contributed by atoms with Crippen LogP contribution in [0.4, 0.5) is 4.79 Å². The van der Waals surface area contributed by atoms with Crippen molar-refractivity contribution in [2.24, 2.45) is 5.92 Å². The van der Waals surface area contributed by atoms with Crippen molar-refractivity contribution in [3.63, 3.8) is 0 Å². The molecule has 1 saturated heterocycles. The van der Waals surface area contributed by atoms with Crippen LogP contribution in [0.3, 0.4) is 0 Å². The van der Waals surface area contributed by atoms with Gasteiger partial charge in [-0.05, 0) is 28.7 Å². The van der Waals surface area contributed by atoms with E-state index in [4.69, 9.17) is 9.47 Å². The Balaban J connectivity index is 1.36. The van der Waals surface area contributed by atoms with Crippen molar-refractivity contribution in [3.05, 3.63) is 59.7 Å². The van der Waals surface area contributed by atoms with E-state index in [1.807, 2.05) is 36.4 Å². The van der Waals surface area contributed by atoms with Crippen molar-refractivity contribution >= 4 is 18.0 Å². The van der Waals surface area contributed by atoms with Crippen LogP contribution in [0.25, 0.3) is 11.1 Å². The van der Waals surface area contributed by atoms with E-state index in [1.54, 1.807) is 6.92 Å². The Labute approximate surface area is 185 Å². The molecule has 0 radical (unpaired) electrons. The van der Waals surface area contributed by atoms with Crippen LogP contribution in [-0.2, 0) is 19.1 Å². The van der Waals surface area contributed by atoms with E-state index in [0.29, 0.717) is 6.42 Å². The lowest BCUT2D eigenvalue weighted by Gasteiger charge is -2.21. The van der Waals surface area contributed by atoms with E-state index in [2.05, 4.69) is 22.8 Å². The van der Waals surface area contributed by atoms with Crippen LogP contribution < -0.4 is 10.6 Å². The van der Waals surface area contributed by atoms with Gasteiger partial charge in [0.05, 0.1) is 19.3 Å². The van der Waals surface area contributed by atoms with Gasteiger partial charge < -0.3 is 25.2 Å². The number of fused-ring (bicyclic) bond motifs is 3. The molecule has 0 spiro atoms. The number of hydrogen-bond donors (Lipinski definition) is 3. The number of rotatable bonds is 7. The monoisotopic (exact) mass is 438 g/mol. The van der Waals surface area contributed by atoms with Gasteiger partial charge in [-0.2, -0.15) is 0 Å².